The molecule has 52 heavy (non-hydrogen) atoms. The Hall–Kier alpha value is -3.18. The van der Waals surface area contributed by atoms with Gasteiger partial charge in [-0.1, -0.05) is 106 Å². The number of nitrogens with one attached hydrogen (secondary N) is 3. The Bertz CT molecular complexity index is 1700. The predicted octanol–water partition coefficient (Wildman–Crippen LogP) is 3.03. The highest BCUT2D eigenvalue weighted by Gasteiger charge is 2.35. The van der Waals surface area contributed by atoms with E-state index in [0.29, 0.717) is 25.1 Å². The molecule has 1 fully saturated rings. The first-order valence-electron chi connectivity index (χ1n) is 18.2. The molecular weight excluding hydrogens is 707 g/mol. The maximum atomic E-state index is 14.1. The standard InChI is InChI=1S/C37H55N5O8S2/c1-2-3-20-39-52(48,49)26-35(43)36(44)33(22-30-15-9-5-10-16-30)40-37(45)34(41-51(46,47)21-19-29-13-7-4-8-14-29)23-32-24-38-27-42(32)28-50-25-31-17-11-6-12-18-31/h4,6-8,11-14,17-18,24,27,30,33-36,39,41,43-44H,2-3,5,9-10,15-16,19-23,25-26,28H2,1H3,(H,40,45)/t33-,34+,35-,36+/m1/s1. The van der Waals surface area contributed by atoms with Crippen molar-refractivity contribution >= 4 is 26.0 Å². The number of hydrogen-bond donors (Lipinski definition) is 5. The van der Waals surface area contributed by atoms with Crippen LogP contribution in [0.4, 0.5) is 0 Å². The van der Waals surface area contributed by atoms with Crippen LogP contribution in [0.3, 0.4) is 0 Å². The minimum Gasteiger partial charge on any atom is -0.389 e. The Morgan fingerprint density at radius 1 is 0.962 bits per heavy atom. The van der Waals surface area contributed by atoms with Gasteiger partial charge in [0, 0.05) is 24.9 Å². The summed E-state index contributed by atoms with van der Waals surface area (Å²) >= 11 is 0. The lowest BCUT2D eigenvalue weighted by Gasteiger charge is -2.33. The summed E-state index contributed by atoms with van der Waals surface area (Å²) in [5.41, 5.74) is 2.33. The average Bonchev–Trinajstić information content (AvgIpc) is 3.57. The molecule has 1 aliphatic carbocycles. The van der Waals surface area contributed by atoms with E-state index >= 15 is 0 Å². The molecule has 2 aromatic carbocycles. The van der Waals surface area contributed by atoms with E-state index in [2.05, 4.69) is 19.7 Å². The van der Waals surface area contributed by atoms with Crippen molar-refractivity contribution < 1.29 is 36.6 Å². The van der Waals surface area contributed by atoms with Gasteiger partial charge < -0.3 is 24.8 Å². The van der Waals surface area contributed by atoms with Crippen LogP contribution in [-0.2, 0) is 55.8 Å². The molecular formula is C37H55N5O8S2. The molecule has 288 valence electrons. The first kappa shape index (κ1) is 41.6. The summed E-state index contributed by atoms with van der Waals surface area (Å²) in [6, 6.07) is 16.4. The number of carbonyl (C=O) groups is 1. The maximum Gasteiger partial charge on any atom is 0.238 e. The molecule has 13 nitrogen and oxygen atoms in total. The number of ether oxygens (including phenoxy) is 1. The lowest BCUT2D eigenvalue weighted by atomic mass is 9.83. The van der Waals surface area contributed by atoms with E-state index in [9.17, 15) is 31.8 Å². The molecule has 4 atom stereocenters. The van der Waals surface area contributed by atoms with Crippen molar-refractivity contribution in [1.82, 2.24) is 24.3 Å². The van der Waals surface area contributed by atoms with Gasteiger partial charge >= 0.3 is 0 Å². The largest absolute Gasteiger partial charge is 0.389 e. The van der Waals surface area contributed by atoms with Crippen LogP contribution in [0.1, 0.15) is 75.1 Å². The monoisotopic (exact) mass is 761 g/mol. The molecule has 0 radical (unpaired) electrons. The number of sulfonamides is 2. The molecule has 3 aromatic rings. The first-order valence-corrected chi connectivity index (χ1v) is 21.5. The number of amides is 1. The van der Waals surface area contributed by atoms with Crippen molar-refractivity contribution in [3.8, 4) is 0 Å². The summed E-state index contributed by atoms with van der Waals surface area (Å²) in [6.07, 6.45) is 6.38. The fourth-order valence-corrected chi connectivity index (χ4v) is 8.91. The molecule has 15 heteroatoms. The molecule has 1 aliphatic rings. The number of rotatable bonds is 23. The molecule has 0 aliphatic heterocycles. The number of nitrogens with zero attached hydrogens (tertiary/aromatic N) is 2. The third-order valence-corrected chi connectivity index (χ3v) is 12.2. The molecule has 0 bridgehead atoms. The molecule has 1 amide bonds. The molecule has 1 aromatic heterocycles. The van der Waals surface area contributed by atoms with Gasteiger partial charge in [0.15, 0.2) is 0 Å². The minimum absolute atomic E-state index is 0.0877. The van der Waals surface area contributed by atoms with Crippen molar-refractivity contribution in [2.24, 2.45) is 5.92 Å². The van der Waals surface area contributed by atoms with E-state index in [-0.39, 0.29) is 37.8 Å². The number of benzene rings is 2. The topological polar surface area (TPSA) is 189 Å². The molecule has 0 saturated heterocycles. The summed E-state index contributed by atoms with van der Waals surface area (Å²) in [5, 5.41) is 25.2. The summed E-state index contributed by atoms with van der Waals surface area (Å²) in [5.74, 6) is -1.59. The van der Waals surface area contributed by atoms with Gasteiger partial charge in [-0.05, 0) is 36.3 Å². The van der Waals surface area contributed by atoms with Crippen LogP contribution in [0.5, 0.6) is 0 Å². The second-order valence-electron chi connectivity index (χ2n) is 13.7. The van der Waals surface area contributed by atoms with Crippen LogP contribution >= 0.6 is 0 Å². The van der Waals surface area contributed by atoms with E-state index in [4.69, 9.17) is 4.74 Å². The third kappa shape index (κ3) is 14.3. The lowest BCUT2D eigenvalue weighted by molar-refractivity contribution is -0.125. The summed E-state index contributed by atoms with van der Waals surface area (Å²) in [4.78, 5) is 18.4. The van der Waals surface area contributed by atoms with Crippen LogP contribution in [-0.4, -0.2) is 84.8 Å². The quantitative estimate of drug-likeness (QED) is 0.0906. The van der Waals surface area contributed by atoms with Crippen LogP contribution in [0, 0.1) is 5.92 Å². The molecule has 1 heterocycles. The van der Waals surface area contributed by atoms with Gasteiger partial charge in [0.25, 0.3) is 0 Å². The van der Waals surface area contributed by atoms with Crippen molar-refractivity contribution in [2.45, 2.75) is 109 Å². The summed E-state index contributed by atoms with van der Waals surface area (Å²) in [6.45, 7) is 2.58. The van der Waals surface area contributed by atoms with E-state index < -0.39 is 56.0 Å². The lowest BCUT2D eigenvalue weighted by Crippen LogP contribution is -2.57. The highest BCUT2D eigenvalue weighted by atomic mass is 32.2. The highest BCUT2D eigenvalue weighted by Crippen LogP contribution is 2.28. The number of aromatic nitrogens is 2. The Kier molecular flexibility index (Phi) is 16.7. The van der Waals surface area contributed by atoms with Gasteiger partial charge in [0.05, 0.1) is 36.6 Å². The SMILES string of the molecule is CCCCNS(=O)(=O)C[C@@H](O)[C@@H](O)[C@@H](CC1CCCCC1)NC(=O)[C@H](Cc1cncn1COCc1ccccc1)NS(=O)(=O)CCc1ccccc1. The second kappa shape index (κ2) is 20.9. The fourth-order valence-electron chi connectivity index (χ4n) is 6.44. The highest BCUT2D eigenvalue weighted by molar-refractivity contribution is 7.89. The Balaban J connectivity index is 1.53. The Morgan fingerprint density at radius 3 is 2.31 bits per heavy atom. The average molecular weight is 762 g/mol. The third-order valence-electron chi connectivity index (χ3n) is 9.38. The van der Waals surface area contributed by atoms with Gasteiger partial charge in [-0.2, -0.15) is 0 Å². The van der Waals surface area contributed by atoms with Gasteiger partial charge in [-0.15, -0.1) is 0 Å². The molecule has 0 unspecified atom stereocenters. The fraction of sp³-hybridized carbons (Fsp3) is 0.568. The van der Waals surface area contributed by atoms with Crippen LogP contribution < -0.4 is 14.8 Å². The Labute approximate surface area is 308 Å². The zero-order valence-corrected chi connectivity index (χ0v) is 31.6. The summed E-state index contributed by atoms with van der Waals surface area (Å²) in [7, 11) is -7.91. The number of aliphatic hydroxyl groups is 2. The Morgan fingerprint density at radius 2 is 1.63 bits per heavy atom. The van der Waals surface area contributed by atoms with Crippen molar-refractivity contribution in [3.05, 3.63) is 90.0 Å². The predicted molar refractivity (Wildman–Crippen MR) is 200 cm³/mol. The molecule has 0 spiro atoms. The number of imidazole rings is 1. The van der Waals surface area contributed by atoms with Crippen LogP contribution in [0.2, 0.25) is 0 Å². The van der Waals surface area contributed by atoms with Gasteiger partial charge in [-0.3, -0.25) is 4.79 Å². The van der Waals surface area contributed by atoms with Crippen molar-refractivity contribution in [2.75, 3.05) is 18.1 Å². The first-order chi connectivity index (χ1) is 24.9. The molecule has 4 rings (SSSR count). The van der Waals surface area contributed by atoms with Crippen LogP contribution in [0.15, 0.2) is 73.2 Å². The van der Waals surface area contributed by atoms with E-state index in [1.807, 2.05) is 67.6 Å². The van der Waals surface area contributed by atoms with Crippen molar-refractivity contribution in [1.29, 1.82) is 0 Å². The number of unbranched alkanes of at least 4 members (excludes halogenated alkanes) is 1. The van der Waals surface area contributed by atoms with Gasteiger partial charge in [0.2, 0.25) is 26.0 Å². The van der Waals surface area contributed by atoms with E-state index in [0.717, 1.165) is 49.7 Å². The number of aliphatic hydroxyl groups excluding tert-OH is 2. The summed E-state index contributed by atoms with van der Waals surface area (Å²) < 4.78 is 64.9. The van der Waals surface area contributed by atoms with E-state index in [1.54, 1.807) is 17.1 Å². The second-order valence-corrected chi connectivity index (χ2v) is 17.4. The van der Waals surface area contributed by atoms with Gasteiger partial charge in [0.1, 0.15) is 18.9 Å². The number of aryl methyl sites for hydroxylation is 1. The maximum absolute atomic E-state index is 14.1. The zero-order chi connectivity index (χ0) is 37.4. The minimum atomic E-state index is -4.00. The normalized spacial score (nSPS) is 16.6. The van der Waals surface area contributed by atoms with E-state index in [1.165, 1.54) is 0 Å². The number of hydrogen-bond acceptors (Lipinski definition) is 9. The zero-order valence-electron chi connectivity index (χ0n) is 30.0. The molecule has 1 saturated carbocycles. The smallest absolute Gasteiger partial charge is 0.238 e. The van der Waals surface area contributed by atoms with Crippen LogP contribution in [0.25, 0.3) is 0 Å². The van der Waals surface area contributed by atoms with Gasteiger partial charge in [-0.25, -0.2) is 31.3 Å². The van der Waals surface area contributed by atoms with Crippen molar-refractivity contribution in [3.63, 3.8) is 0 Å². The molecule has 5 N–H and O–H groups in total. The number of carbonyl (C=O) groups excluding carboxylic acids is 1.